The number of nitrogens with one attached hydrogen (secondary N) is 1. The predicted octanol–water partition coefficient (Wildman–Crippen LogP) is 4.95. The molecule has 3 aromatic heterocycles. The van der Waals surface area contributed by atoms with Gasteiger partial charge in [-0.3, -0.25) is 0 Å². The minimum Gasteiger partial charge on any atom is -0.478 e. The van der Waals surface area contributed by atoms with Gasteiger partial charge in [-0.15, -0.1) is 0 Å². The van der Waals surface area contributed by atoms with Gasteiger partial charge in [-0.05, 0) is 31.2 Å². The number of nitrogens with zero attached hydrogens (tertiary/aromatic N) is 3. The smallest absolute Gasteiger partial charge is 0.205 e. The lowest BCUT2D eigenvalue weighted by molar-refractivity contribution is 0.221. The van der Waals surface area contributed by atoms with Crippen LogP contribution in [0.3, 0.4) is 0 Å². The molecule has 0 bridgehead atoms. The van der Waals surface area contributed by atoms with Crippen LogP contribution < -0.4 is 20.7 Å². The minimum absolute atomic E-state index is 0.0571. The number of fused-ring (bicyclic) bond motifs is 1. The molecule has 34 heavy (non-hydrogen) atoms. The van der Waals surface area contributed by atoms with E-state index in [0.29, 0.717) is 11.0 Å². The molecule has 4 heterocycles. The molecule has 1 saturated heterocycles. The molecule has 10 heteroatoms. The van der Waals surface area contributed by atoms with Gasteiger partial charge in [0, 0.05) is 55.3 Å². The summed E-state index contributed by atoms with van der Waals surface area (Å²) in [6.45, 7) is 4.95. The second-order valence-corrected chi connectivity index (χ2v) is 8.37. The highest BCUT2D eigenvalue weighted by molar-refractivity contribution is 6.31. The Morgan fingerprint density at radius 2 is 1.91 bits per heavy atom. The number of hydrogen-bond acceptors (Lipinski definition) is 7. The highest BCUT2D eigenvalue weighted by Gasteiger charge is 2.25. The van der Waals surface area contributed by atoms with Crippen molar-refractivity contribution >= 4 is 34.2 Å². The first kappa shape index (κ1) is 22.4. The molecule has 0 saturated carbocycles. The number of piperazine rings is 1. The lowest BCUT2D eigenvalue weighted by Crippen LogP contribution is -2.44. The molecule has 0 aliphatic carbocycles. The Hall–Kier alpha value is -3.43. The van der Waals surface area contributed by atoms with Gasteiger partial charge in [0.2, 0.25) is 5.75 Å². The first-order chi connectivity index (χ1) is 16.5. The van der Waals surface area contributed by atoms with Gasteiger partial charge in [0.15, 0.2) is 11.4 Å². The van der Waals surface area contributed by atoms with Crippen molar-refractivity contribution in [3.8, 4) is 16.9 Å². The Bertz CT molecular complexity index is 1360. The zero-order valence-corrected chi connectivity index (χ0v) is 19.1. The third kappa shape index (κ3) is 3.91. The quantitative estimate of drug-likeness (QED) is 0.386. The largest absolute Gasteiger partial charge is 0.478 e. The van der Waals surface area contributed by atoms with E-state index in [9.17, 15) is 8.78 Å². The SMILES string of the molecule is C[C@@H](Oc1c(N)ncc2c(-c3cccnc3N3CCNCC3)coc12)c1c(F)ccc(F)c1Cl. The third-order valence-electron chi connectivity index (χ3n) is 5.88. The Labute approximate surface area is 199 Å². The van der Waals surface area contributed by atoms with Crippen molar-refractivity contribution in [3.63, 3.8) is 0 Å². The van der Waals surface area contributed by atoms with E-state index in [2.05, 4.69) is 20.2 Å². The first-order valence-corrected chi connectivity index (χ1v) is 11.2. The van der Waals surface area contributed by atoms with Crippen LogP contribution in [0.15, 0.2) is 47.3 Å². The molecule has 3 N–H and O–H groups in total. The van der Waals surface area contributed by atoms with Gasteiger partial charge in [-0.2, -0.15) is 0 Å². The molecular weight excluding hydrogens is 464 g/mol. The van der Waals surface area contributed by atoms with Crippen molar-refractivity contribution in [2.75, 3.05) is 36.8 Å². The van der Waals surface area contributed by atoms with Crippen LogP contribution in [0.5, 0.6) is 5.75 Å². The van der Waals surface area contributed by atoms with Crippen LogP contribution in [-0.4, -0.2) is 36.1 Å². The summed E-state index contributed by atoms with van der Waals surface area (Å²) in [6.07, 6.45) is 4.00. The summed E-state index contributed by atoms with van der Waals surface area (Å²) in [6, 6.07) is 5.80. The molecule has 0 radical (unpaired) electrons. The number of anilines is 2. The van der Waals surface area contributed by atoms with Crippen molar-refractivity contribution < 1.29 is 17.9 Å². The number of nitrogens with two attached hydrogens (primary N) is 1. The fourth-order valence-electron chi connectivity index (χ4n) is 4.19. The van der Waals surface area contributed by atoms with Gasteiger partial charge >= 0.3 is 0 Å². The molecule has 4 aromatic rings. The van der Waals surface area contributed by atoms with E-state index < -0.39 is 17.7 Å². The van der Waals surface area contributed by atoms with Gasteiger partial charge in [-0.1, -0.05) is 11.6 Å². The highest BCUT2D eigenvalue weighted by Crippen LogP contribution is 2.42. The maximum absolute atomic E-state index is 14.4. The van der Waals surface area contributed by atoms with Crippen molar-refractivity contribution in [2.24, 2.45) is 0 Å². The normalized spacial score (nSPS) is 15.0. The molecule has 1 aliphatic heterocycles. The Balaban J connectivity index is 1.56. The van der Waals surface area contributed by atoms with E-state index in [4.69, 9.17) is 26.5 Å². The second kappa shape index (κ2) is 9.08. The van der Waals surface area contributed by atoms with Gasteiger partial charge in [0.25, 0.3) is 0 Å². The molecule has 0 amide bonds. The summed E-state index contributed by atoms with van der Waals surface area (Å²) in [7, 11) is 0. The summed E-state index contributed by atoms with van der Waals surface area (Å²) in [5.74, 6) is -0.401. The standard InChI is InChI=1S/C24H22ClF2N5O2/c1-13(19-17(26)4-5-18(27)20(19)25)34-22-21-15(11-31-23(22)28)16(12-33-21)14-3-2-6-30-24(14)32-9-7-29-8-10-32/h2-6,11-13,29H,7-10H2,1H3,(H2,28,31)/t13-/m1/s1. The number of halogens is 3. The second-order valence-electron chi connectivity index (χ2n) is 7.99. The summed E-state index contributed by atoms with van der Waals surface area (Å²) >= 11 is 6.01. The molecule has 5 rings (SSSR count). The molecular formula is C24H22ClF2N5O2. The predicted molar refractivity (Wildman–Crippen MR) is 127 cm³/mol. The van der Waals surface area contributed by atoms with E-state index >= 15 is 0 Å². The van der Waals surface area contributed by atoms with Gasteiger partial charge in [0.1, 0.15) is 29.8 Å². The third-order valence-corrected chi connectivity index (χ3v) is 6.26. The fourth-order valence-corrected chi connectivity index (χ4v) is 4.50. The fraction of sp³-hybridized carbons (Fsp3) is 0.250. The summed E-state index contributed by atoms with van der Waals surface area (Å²) in [5, 5.41) is 3.65. The van der Waals surface area contributed by atoms with E-state index in [0.717, 1.165) is 55.3 Å². The molecule has 1 aromatic carbocycles. The Morgan fingerprint density at radius 3 is 2.71 bits per heavy atom. The molecule has 7 nitrogen and oxygen atoms in total. The van der Waals surface area contributed by atoms with Crippen molar-refractivity contribution in [1.82, 2.24) is 15.3 Å². The summed E-state index contributed by atoms with van der Waals surface area (Å²) < 4.78 is 40.2. The number of rotatable bonds is 5. The topological polar surface area (TPSA) is 89.4 Å². The Morgan fingerprint density at radius 1 is 1.15 bits per heavy atom. The van der Waals surface area contributed by atoms with E-state index in [1.54, 1.807) is 25.6 Å². The van der Waals surface area contributed by atoms with Gasteiger partial charge in [-0.25, -0.2) is 18.7 Å². The van der Waals surface area contributed by atoms with E-state index in [-0.39, 0.29) is 22.2 Å². The molecule has 0 unspecified atom stereocenters. The zero-order valence-electron chi connectivity index (χ0n) is 18.3. The monoisotopic (exact) mass is 485 g/mol. The number of ether oxygens (including phenoxy) is 1. The molecule has 1 fully saturated rings. The number of hydrogen-bond donors (Lipinski definition) is 2. The number of pyridine rings is 2. The lowest BCUT2D eigenvalue weighted by atomic mass is 10.1. The van der Waals surface area contributed by atoms with Gasteiger partial charge in [0.05, 0.1) is 10.4 Å². The van der Waals surface area contributed by atoms with Gasteiger partial charge < -0.3 is 25.1 Å². The summed E-state index contributed by atoms with van der Waals surface area (Å²) in [4.78, 5) is 11.1. The maximum Gasteiger partial charge on any atom is 0.205 e. The first-order valence-electron chi connectivity index (χ1n) is 10.8. The van der Waals surface area contributed by atoms with Crippen LogP contribution in [0.4, 0.5) is 20.4 Å². The van der Waals surface area contributed by atoms with Crippen LogP contribution >= 0.6 is 11.6 Å². The number of furan rings is 1. The van der Waals surface area contributed by atoms with Crippen LogP contribution in [0.1, 0.15) is 18.6 Å². The minimum atomic E-state index is -0.957. The molecule has 176 valence electrons. The van der Waals surface area contributed by atoms with E-state index in [1.807, 2.05) is 12.1 Å². The molecule has 0 spiro atoms. The summed E-state index contributed by atoms with van der Waals surface area (Å²) in [5.41, 5.74) is 7.98. The average molecular weight is 486 g/mol. The van der Waals surface area contributed by atoms with Crippen LogP contribution in [0.25, 0.3) is 22.1 Å². The zero-order chi connectivity index (χ0) is 23.8. The Kier molecular flexibility index (Phi) is 5.97. The van der Waals surface area contributed by atoms with Crippen LogP contribution in [0.2, 0.25) is 5.02 Å². The van der Waals surface area contributed by atoms with Crippen molar-refractivity contribution in [2.45, 2.75) is 13.0 Å². The number of nitrogen functional groups attached to an aromatic ring is 1. The molecule has 1 aliphatic rings. The van der Waals surface area contributed by atoms with Crippen LogP contribution in [0, 0.1) is 11.6 Å². The van der Waals surface area contributed by atoms with Crippen LogP contribution in [-0.2, 0) is 0 Å². The van der Waals surface area contributed by atoms with E-state index in [1.165, 1.54) is 0 Å². The van der Waals surface area contributed by atoms with Crippen molar-refractivity contribution in [1.29, 1.82) is 0 Å². The van der Waals surface area contributed by atoms with Crippen molar-refractivity contribution in [3.05, 3.63) is 65.1 Å². The molecule has 1 atom stereocenters. The number of aromatic nitrogens is 2. The maximum atomic E-state index is 14.4. The highest BCUT2D eigenvalue weighted by atomic mass is 35.5. The lowest BCUT2D eigenvalue weighted by Gasteiger charge is -2.29. The number of benzene rings is 1. The average Bonchev–Trinajstić information content (AvgIpc) is 3.28.